The van der Waals surface area contributed by atoms with Gasteiger partial charge in [-0.2, -0.15) is 0 Å². The topological polar surface area (TPSA) is 59.4 Å². The summed E-state index contributed by atoms with van der Waals surface area (Å²) in [7, 11) is 0. The number of aliphatic carboxylic acids is 1. The molecule has 19 heavy (non-hydrogen) atoms. The predicted octanol–water partition coefficient (Wildman–Crippen LogP) is 3.57. The first-order valence-corrected chi connectivity index (χ1v) is 6.45. The SMILES string of the molecule is Cc1ccnc(Oc2cccc(CC(=O)O)c2)c1Br. The van der Waals surface area contributed by atoms with E-state index in [4.69, 9.17) is 9.84 Å². The van der Waals surface area contributed by atoms with Crippen LogP contribution in [-0.4, -0.2) is 16.1 Å². The average Bonchev–Trinajstić information content (AvgIpc) is 2.35. The number of pyridine rings is 1. The van der Waals surface area contributed by atoms with Gasteiger partial charge in [0.15, 0.2) is 0 Å². The maximum atomic E-state index is 10.7. The molecule has 1 aromatic heterocycles. The molecule has 0 atom stereocenters. The van der Waals surface area contributed by atoms with Crippen LogP contribution in [0.1, 0.15) is 11.1 Å². The summed E-state index contributed by atoms with van der Waals surface area (Å²) in [6.07, 6.45) is 1.64. The minimum atomic E-state index is -0.869. The molecular weight excluding hydrogens is 310 g/mol. The Morgan fingerprint density at radius 1 is 1.42 bits per heavy atom. The van der Waals surface area contributed by atoms with Crippen LogP contribution >= 0.6 is 15.9 Å². The van der Waals surface area contributed by atoms with E-state index < -0.39 is 5.97 Å². The third-order valence-electron chi connectivity index (χ3n) is 2.52. The highest BCUT2D eigenvalue weighted by atomic mass is 79.9. The van der Waals surface area contributed by atoms with Crippen molar-refractivity contribution in [2.75, 3.05) is 0 Å². The van der Waals surface area contributed by atoms with Crippen molar-refractivity contribution in [1.29, 1.82) is 0 Å². The smallest absolute Gasteiger partial charge is 0.307 e. The van der Waals surface area contributed by atoms with Crippen LogP contribution in [0.15, 0.2) is 41.0 Å². The lowest BCUT2D eigenvalue weighted by molar-refractivity contribution is -0.136. The molecule has 98 valence electrons. The first-order valence-electron chi connectivity index (χ1n) is 5.66. The fourth-order valence-corrected chi connectivity index (χ4v) is 1.91. The van der Waals surface area contributed by atoms with Crippen LogP contribution in [0.5, 0.6) is 11.6 Å². The third kappa shape index (κ3) is 3.54. The Kier molecular flexibility index (Phi) is 4.16. The zero-order chi connectivity index (χ0) is 13.8. The van der Waals surface area contributed by atoms with Gasteiger partial charge < -0.3 is 9.84 Å². The number of aryl methyl sites for hydroxylation is 1. The van der Waals surface area contributed by atoms with Crippen LogP contribution in [-0.2, 0) is 11.2 Å². The number of benzene rings is 1. The first kappa shape index (κ1) is 13.5. The molecule has 0 saturated heterocycles. The Hall–Kier alpha value is -1.88. The van der Waals surface area contributed by atoms with Gasteiger partial charge in [0.05, 0.1) is 10.9 Å². The number of ether oxygens (including phenoxy) is 1. The zero-order valence-electron chi connectivity index (χ0n) is 10.3. The highest BCUT2D eigenvalue weighted by Gasteiger charge is 2.08. The highest BCUT2D eigenvalue weighted by molar-refractivity contribution is 9.10. The van der Waals surface area contributed by atoms with E-state index in [1.54, 1.807) is 30.5 Å². The second kappa shape index (κ2) is 5.84. The van der Waals surface area contributed by atoms with Crippen LogP contribution in [0.2, 0.25) is 0 Å². The predicted molar refractivity (Wildman–Crippen MR) is 74.5 cm³/mol. The largest absolute Gasteiger partial charge is 0.481 e. The van der Waals surface area contributed by atoms with Gasteiger partial charge in [-0.25, -0.2) is 4.98 Å². The van der Waals surface area contributed by atoms with E-state index in [-0.39, 0.29) is 6.42 Å². The Bertz CT molecular complexity index is 613. The second-order valence-corrected chi connectivity index (χ2v) is 4.86. The molecule has 0 aliphatic rings. The van der Waals surface area contributed by atoms with Gasteiger partial charge >= 0.3 is 5.97 Å². The normalized spacial score (nSPS) is 10.2. The molecule has 0 fully saturated rings. The molecule has 1 aromatic carbocycles. The van der Waals surface area contributed by atoms with Gasteiger partial charge in [0.2, 0.25) is 5.88 Å². The van der Waals surface area contributed by atoms with Gasteiger partial charge in [0, 0.05) is 6.20 Å². The number of carbonyl (C=O) groups is 1. The lowest BCUT2D eigenvalue weighted by atomic mass is 10.1. The number of rotatable bonds is 4. The maximum absolute atomic E-state index is 10.7. The minimum Gasteiger partial charge on any atom is -0.481 e. The molecule has 0 unspecified atom stereocenters. The van der Waals surface area contributed by atoms with Crippen molar-refractivity contribution in [3.05, 3.63) is 52.1 Å². The van der Waals surface area contributed by atoms with E-state index in [0.29, 0.717) is 17.2 Å². The van der Waals surface area contributed by atoms with Gasteiger partial charge in [-0.3, -0.25) is 4.79 Å². The van der Waals surface area contributed by atoms with Gasteiger partial charge in [-0.1, -0.05) is 12.1 Å². The molecule has 0 saturated carbocycles. The zero-order valence-corrected chi connectivity index (χ0v) is 11.8. The quantitative estimate of drug-likeness (QED) is 0.935. The summed E-state index contributed by atoms with van der Waals surface area (Å²) < 4.78 is 6.45. The highest BCUT2D eigenvalue weighted by Crippen LogP contribution is 2.30. The molecule has 4 nitrogen and oxygen atoms in total. The molecule has 0 bridgehead atoms. The molecule has 2 aromatic rings. The number of halogens is 1. The number of nitrogens with zero attached hydrogens (tertiary/aromatic N) is 1. The molecule has 1 N–H and O–H groups in total. The van der Waals surface area contributed by atoms with Crippen molar-refractivity contribution < 1.29 is 14.6 Å². The molecule has 0 spiro atoms. The van der Waals surface area contributed by atoms with Crippen molar-refractivity contribution in [2.45, 2.75) is 13.3 Å². The summed E-state index contributed by atoms with van der Waals surface area (Å²) in [5, 5.41) is 8.77. The van der Waals surface area contributed by atoms with Gasteiger partial charge in [0.25, 0.3) is 0 Å². The van der Waals surface area contributed by atoms with E-state index in [1.807, 2.05) is 13.0 Å². The molecule has 0 radical (unpaired) electrons. The van der Waals surface area contributed by atoms with Crippen LogP contribution in [0, 0.1) is 6.92 Å². The van der Waals surface area contributed by atoms with Gasteiger partial charge in [-0.05, 0) is 52.2 Å². The Morgan fingerprint density at radius 3 is 2.95 bits per heavy atom. The monoisotopic (exact) mass is 321 g/mol. The minimum absolute atomic E-state index is 0.0282. The first-order chi connectivity index (χ1) is 9.06. The second-order valence-electron chi connectivity index (χ2n) is 4.07. The third-order valence-corrected chi connectivity index (χ3v) is 3.48. The van der Waals surface area contributed by atoms with E-state index in [1.165, 1.54) is 0 Å². The molecule has 0 aliphatic carbocycles. The lowest BCUT2D eigenvalue weighted by Crippen LogP contribution is -2.00. The average molecular weight is 322 g/mol. The Labute approximate surface area is 119 Å². The number of aromatic nitrogens is 1. The summed E-state index contributed by atoms with van der Waals surface area (Å²) in [6, 6.07) is 8.85. The van der Waals surface area contributed by atoms with Crippen LogP contribution in [0.3, 0.4) is 0 Å². The van der Waals surface area contributed by atoms with Gasteiger partial charge in [-0.15, -0.1) is 0 Å². The van der Waals surface area contributed by atoms with Crippen molar-refractivity contribution in [3.63, 3.8) is 0 Å². The fraction of sp³-hybridized carbons (Fsp3) is 0.143. The van der Waals surface area contributed by atoms with Crippen molar-refractivity contribution >= 4 is 21.9 Å². The molecule has 5 heteroatoms. The fourth-order valence-electron chi connectivity index (χ4n) is 1.59. The van der Waals surface area contributed by atoms with Crippen molar-refractivity contribution in [3.8, 4) is 11.6 Å². The molecule has 2 rings (SSSR count). The Morgan fingerprint density at radius 2 is 2.21 bits per heavy atom. The summed E-state index contributed by atoms with van der Waals surface area (Å²) in [5.74, 6) is 0.164. The van der Waals surface area contributed by atoms with E-state index >= 15 is 0 Å². The summed E-state index contributed by atoms with van der Waals surface area (Å²) in [5.41, 5.74) is 1.71. The summed E-state index contributed by atoms with van der Waals surface area (Å²) in [6.45, 7) is 1.94. The number of hydrogen-bond acceptors (Lipinski definition) is 3. The molecular formula is C14H12BrNO3. The number of carboxylic acids is 1. The molecule has 0 aliphatic heterocycles. The number of hydrogen-bond donors (Lipinski definition) is 1. The maximum Gasteiger partial charge on any atom is 0.307 e. The molecule has 1 heterocycles. The summed E-state index contributed by atoms with van der Waals surface area (Å²) in [4.78, 5) is 14.8. The van der Waals surface area contributed by atoms with Crippen LogP contribution in [0.25, 0.3) is 0 Å². The van der Waals surface area contributed by atoms with Crippen molar-refractivity contribution in [1.82, 2.24) is 4.98 Å². The number of carboxylic acid groups (broad SMARTS) is 1. The van der Waals surface area contributed by atoms with Crippen LogP contribution < -0.4 is 4.74 Å². The van der Waals surface area contributed by atoms with Gasteiger partial charge in [0.1, 0.15) is 5.75 Å². The van der Waals surface area contributed by atoms with E-state index in [2.05, 4.69) is 20.9 Å². The van der Waals surface area contributed by atoms with E-state index in [9.17, 15) is 4.79 Å². The van der Waals surface area contributed by atoms with Crippen LogP contribution in [0.4, 0.5) is 0 Å². The van der Waals surface area contributed by atoms with Crippen molar-refractivity contribution in [2.24, 2.45) is 0 Å². The summed E-state index contributed by atoms with van der Waals surface area (Å²) >= 11 is 3.41. The standard InChI is InChI=1S/C14H12BrNO3/c1-9-5-6-16-14(13(9)15)19-11-4-2-3-10(7-11)8-12(17)18/h2-7H,8H2,1H3,(H,17,18). The van der Waals surface area contributed by atoms with E-state index in [0.717, 1.165) is 10.0 Å². The Balaban J connectivity index is 2.23. The molecule has 0 amide bonds. The lowest BCUT2D eigenvalue weighted by Gasteiger charge is -2.08.